The largest absolute Gasteiger partial charge is 0.444 e. The molecule has 2 fully saturated rings. The maximum Gasteiger partial charge on any atom is 0.410 e. The summed E-state index contributed by atoms with van der Waals surface area (Å²) in [5, 5.41) is 3.00. The summed E-state index contributed by atoms with van der Waals surface area (Å²) in [6.45, 7) is 13.6. The number of H-pyrrole nitrogens is 1. The molecule has 3 aromatic carbocycles. The van der Waals surface area contributed by atoms with Gasteiger partial charge in [0.2, 0.25) is 5.91 Å². The number of anilines is 2. The van der Waals surface area contributed by atoms with Crippen LogP contribution in [0.5, 0.6) is 0 Å². The lowest BCUT2D eigenvalue weighted by molar-refractivity contribution is -0.120. The fourth-order valence-corrected chi connectivity index (χ4v) is 6.74. The molecule has 0 bridgehead atoms. The molecule has 1 aromatic heterocycles. The number of likely N-dealkylation sites (tertiary alicyclic amines) is 2. The number of hydrogen-bond donors (Lipinski definition) is 2. The van der Waals surface area contributed by atoms with Crippen LogP contribution in [0.1, 0.15) is 90.2 Å². The number of hydrogen-bond acceptors (Lipinski definition) is 7. The highest BCUT2D eigenvalue weighted by Gasteiger charge is 2.37. The number of para-hydroxylation sites is 1. The van der Waals surface area contributed by atoms with Crippen LogP contribution in [0.2, 0.25) is 0 Å². The van der Waals surface area contributed by atoms with E-state index < -0.39 is 23.3 Å². The number of carbonyl (C=O) groups is 3. The Bertz CT molecular complexity index is 1840. The summed E-state index contributed by atoms with van der Waals surface area (Å²) in [5.74, 6) is 0.572. The predicted molar refractivity (Wildman–Crippen MR) is 198 cm³/mol. The van der Waals surface area contributed by atoms with Crippen molar-refractivity contribution in [2.75, 3.05) is 23.3 Å². The summed E-state index contributed by atoms with van der Waals surface area (Å²) in [7, 11) is 0. The summed E-state index contributed by atoms with van der Waals surface area (Å²) in [4.78, 5) is 52.9. The number of nitrogens with zero attached hydrogens (tertiary/aromatic N) is 4. The first-order chi connectivity index (χ1) is 24.2. The molecule has 0 radical (unpaired) electrons. The molecule has 0 aliphatic carbocycles. The molecule has 1 unspecified atom stereocenters. The van der Waals surface area contributed by atoms with Gasteiger partial charge in [0.25, 0.3) is 0 Å². The van der Waals surface area contributed by atoms with Gasteiger partial charge in [-0.1, -0.05) is 36.4 Å². The van der Waals surface area contributed by atoms with Crippen molar-refractivity contribution >= 4 is 40.5 Å². The highest BCUT2D eigenvalue weighted by Crippen LogP contribution is 2.33. The van der Waals surface area contributed by atoms with Gasteiger partial charge >= 0.3 is 12.2 Å². The SMILES string of the molecule is CC(C)(C)OC(=O)N1CCCC1c1nc2ccc(CN(Cc3ccc(NC(=O)[C@@H]4CCCN4C(=O)OC(C)(C)C)cc3)c3ccccc3)cc2[nH]1. The van der Waals surface area contributed by atoms with Gasteiger partial charge in [0, 0.05) is 37.6 Å². The van der Waals surface area contributed by atoms with E-state index in [1.54, 1.807) is 4.90 Å². The third-order valence-corrected chi connectivity index (χ3v) is 9.03. The van der Waals surface area contributed by atoms with E-state index in [-0.39, 0.29) is 18.0 Å². The number of imidazole rings is 1. The Balaban J connectivity index is 1.13. The average molecular weight is 695 g/mol. The number of aromatic nitrogens is 2. The van der Waals surface area contributed by atoms with Crippen molar-refractivity contribution in [2.24, 2.45) is 0 Å². The van der Waals surface area contributed by atoms with E-state index in [0.717, 1.165) is 52.9 Å². The average Bonchev–Trinajstić information content (AvgIpc) is 3.84. The zero-order valence-electron chi connectivity index (χ0n) is 30.6. The van der Waals surface area contributed by atoms with Gasteiger partial charge in [0.1, 0.15) is 23.1 Å². The van der Waals surface area contributed by atoms with Crippen molar-refractivity contribution in [2.45, 2.75) is 104 Å². The van der Waals surface area contributed by atoms with E-state index in [2.05, 4.69) is 39.5 Å². The molecule has 6 rings (SSSR count). The van der Waals surface area contributed by atoms with Crippen LogP contribution in [0.3, 0.4) is 0 Å². The maximum atomic E-state index is 13.2. The topological polar surface area (TPSA) is 120 Å². The van der Waals surface area contributed by atoms with Crippen LogP contribution in [0, 0.1) is 0 Å². The van der Waals surface area contributed by atoms with E-state index in [0.29, 0.717) is 38.3 Å². The lowest BCUT2D eigenvalue weighted by Crippen LogP contribution is -2.45. The van der Waals surface area contributed by atoms with Gasteiger partial charge in [-0.3, -0.25) is 14.6 Å². The van der Waals surface area contributed by atoms with Crippen molar-refractivity contribution in [3.63, 3.8) is 0 Å². The van der Waals surface area contributed by atoms with Crippen LogP contribution in [-0.4, -0.2) is 68.2 Å². The molecular weight excluding hydrogens is 644 g/mol. The van der Waals surface area contributed by atoms with E-state index in [9.17, 15) is 14.4 Å². The quantitative estimate of drug-likeness (QED) is 0.191. The molecule has 2 aliphatic heterocycles. The van der Waals surface area contributed by atoms with E-state index in [4.69, 9.17) is 14.5 Å². The van der Waals surface area contributed by atoms with Gasteiger partial charge in [0.05, 0.1) is 17.1 Å². The predicted octanol–water partition coefficient (Wildman–Crippen LogP) is 8.18. The van der Waals surface area contributed by atoms with Crippen molar-refractivity contribution in [3.8, 4) is 0 Å². The molecule has 270 valence electrons. The Labute approximate surface area is 300 Å². The van der Waals surface area contributed by atoms with Gasteiger partial charge in [-0.2, -0.15) is 0 Å². The van der Waals surface area contributed by atoms with Crippen molar-refractivity contribution in [3.05, 3.63) is 89.7 Å². The molecule has 11 nitrogen and oxygen atoms in total. The van der Waals surface area contributed by atoms with E-state index in [1.807, 2.05) is 90.1 Å². The zero-order chi connectivity index (χ0) is 36.3. The van der Waals surface area contributed by atoms with Crippen molar-refractivity contribution in [1.29, 1.82) is 0 Å². The van der Waals surface area contributed by atoms with E-state index in [1.165, 1.54) is 4.90 Å². The molecular formula is C40H50N6O5. The molecule has 0 saturated carbocycles. The molecule has 0 spiro atoms. The highest BCUT2D eigenvalue weighted by atomic mass is 16.6. The standard InChI is InChI=1S/C40H50N6O5/c1-39(2,3)50-37(48)45-22-10-14-33(45)35-42-31-21-18-28(24-32(31)43-35)26-44(30-12-8-7-9-13-30)25-27-16-19-29(20-17-27)41-36(47)34-15-11-23-46(34)38(49)51-40(4,5)6/h7-9,12-13,16-21,24,33-34H,10-11,14-15,22-23,25-26H2,1-6H3,(H,41,47)(H,42,43)/t33?,34-/m0/s1. The number of ether oxygens (including phenoxy) is 2. The Morgan fingerprint density at radius 3 is 2.10 bits per heavy atom. The molecule has 2 saturated heterocycles. The molecule has 4 aromatic rings. The lowest BCUT2D eigenvalue weighted by atomic mass is 10.1. The molecule has 2 N–H and O–H groups in total. The molecule has 11 heteroatoms. The number of carbonyl (C=O) groups excluding carboxylic acids is 3. The first kappa shape index (κ1) is 35.8. The monoisotopic (exact) mass is 694 g/mol. The Morgan fingerprint density at radius 1 is 0.804 bits per heavy atom. The minimum Gasteiger partial charge on any atom is -0.444 e. The third kappa shape index (κ3) is 9.00. The number of benzene rings is 3. The summed E-state index contributed by atoms with van der Waals surface area (Å²) < 4.78 is 11.2. The maximum absolute atomic E-state index is 13.2. The highest BCUT2D eigenvalue weighted by molar-refractivity contribution is 5.97. The van der Waals surface area contributed by atoms with Crippen LogP contribution in [0.15, 0.2) is 72.8 Å². The fraction of sp³-hybridized carbons (Fsp3) is 0.450. The fourth-order valence-electron chi connectivity index (χ4n) is 6.74. The smallest absolute Gasteiger partial charge is 0.410 e. The first-order valence-corrected chi connectivity index (χ1v) is 17.9. The number of fused-ring (bicyclic) bond motifs is 1. The molecule has 2 aliphatic rings. The number of nitrogens with one attached hydrogen (secondary N) is 2. The summed E-state index contributed by atoms with van der Waals surface area (Å²) in [6, 6.07) is 23.7. The van der Waals surface area contributed by atoms with Crippen molar-refractivity contribution in [1.82, 2.24) is 19.8 Å². The normalized spacial score (nSPS) is 17.8. The van der Waals surface area contributed by atoms with Crippen LogP contribution in [0.4, 0.5) is 21.0 Å². The first-order valence-electron chi connectivity index (χ1n) is 17.9. The van der Waals surface area contributed by atoms with Gasteiger partial charge in [-0.15, -0.1) is 0 Å². The molecule has 3 amide bonds. The Morgan fingerprint density at radius 2 is 1.41 bits per heavy atom. The molecule has 51 heavy (non-hydrogen) atoms. The molecule has 3 heterocycles. The van der Waals surface area contributed by atoms with Crippen molar-refractivity contribution < 1.29 is 23.9 Å². The van der Waals surface area contributed by atoms with Crippen LogP contribution in [0.25, 0.3) is 11.0 Å². The summed E-state index contributed by atoms with van der Waals surface area (Å²) >= 11 is 0. The van der Waals surface area contributed by atoms with Gasteiger partial charge in [0.15, 0.2) is 0 Å². The minimum atomic E-state index is -0.623. The second-order valence-electron chi connectivity index (χ2n) is 15.5. The third-order valence-electron chi connectivity index (χ3n) is 9.03. The van der Waals surface area contributed by atoms with Crippen LogP contribution >= 0.6 is 0 Å². The number of rotatable bonds is 8. The number of aromatic amines is 1. The Hall–Kier alpha value is -5.06. The van der Waals surface area contributed by atoms with Crippen LogP contribution < -0.4 is 10.2 Å². The summed E-state index contributed by atoms with van der Waals surface area (Å²) in [5.41, 5.74) is 4.58. The lowest BCUT2D eigenvalue weighted by Gasteiger charge is -2.28. The second-order valence-corrected chi connectivity index (χ2v) is 15.5. The summed E-state index contributed by atoms with van der Waals surface area (Å²) in [6.07, 6.45) is 2.33. The second kappa shape index (κ2) is 14.7. The Kier molecular flexibility index (Phi) is 10.3. The molecule has 2 atom stereocenters. The van der Waals surface area contributed by atoms with Gasteiger partial charge in [-0.25, -0.2) is 14.6 Å². The number of amides is 3. The van der Waals surface area contributed by atoms with Crippen LogP contribution in [-0.2, 0) is 27.4 Å². The van der Waals surface area contributed by atoms with E-state index >= 15 is 0 Å². The van der Waals surface area contributed by atoms with Gasteiger partial charge < -0.3 is 24.7 Å². The minimum absolute atomic E-state index is 0.147. The van der Waals surface area contributed by atoms with Gasteiger partial charge in [-0.05, 0) is 115 Å². The zero-order valence-corrected chi connectivity index (χ0v) is 30.6.